The Morgan fingerprint density at radius 2 is 1.84 bits per heavy atom. The van der Waals surface area contributed by atoms with Gasteiger partial charge in [-0.2, -0.15) is 5.10 Å². The number of phenols is 1. The number of aromatic hydroxyl groups is 1. The van der Waals surface area contributed by atoms with Crippen molar-refractivity contribution in [1.29, 1.82) is 0 Å². The number of carbonyl (C=O) groups excluding carboxylic acids is 1. The van der Waals surface area contributed by atoms with Crippen LogP contribution in [0.5, 0.6) is 11.5 Å². The van der Waals surface area contributed by atoms with Gasteiger partial charge in [-0.25, -0.2) is 10.2 Å². The Morgan fingerprint density at radius 3 is 2.68 bits per heavy atom. The number of methoxy groups -OCH3 is 1. The maximum atomic E-state index is 12.0. The average Bonchev–Trinajstić information content (AvgIpc) is 2.64. The highest BCUT2D eigenvalue weighted by atomic mass is 16.5. The number of rotatable bonds is 4. The maximum absolute atomic E-state index is 12.0. The number of carbonyl (C=O) groups is 1. The summed E-state index contributed by atoms with van der Waals surface area (Å²) in [5.41, 5.74) is 3.45. The summed E-state index contributed by atoms with van der Waals surface area (Å²) in [7, 11) is 1.53. The van der Waals surface area contributed by atoms with E-state index < -0.39 is 6.03 Å². The minimum absolute atomic E-state index is 0.0920. The van der Waals surface area contributed by atoms with Crippen molar-refractivity contribution in [3.05, 3.63) is 66.2 Å². The van der Waals surface area contributed by atoms with Crippen molar-refractivity contribution in [3.8, 4) is 11.5 Å². The van der Waals surface area contributed by atoms with Gasteiger partial charge in [0.05, 0.1) is 19.0 Å². The van der Waals surface area contributed by atoms with Gasteiger partial charge in [-0.1, -0.05) is 42.5 Å². The number of anilines is 1. The molecule has 3 aromatic rings. The van der Waals surface area contributed by atoms with E-state index in [9.17, 15) is 9.90 Å². The number of hydrazone groups is 1. The Balaban J connectivity index is 1.73. The van der Waals surface area contributed by atoms with Gasteiger partial charge in [0.15, 0.2) is 0 Å². The Bertz CT molecular complexity index is 938. The summed E-state index contributed by atoms with van der Waals surface area (Å²) in [6.45, 7) is 0. The van der Waals surface area contributed by atoms with Crippen LogP contribution in [0.15, 0.2) is 65.8 Å². The van der Waals surface area contributed by atoms with E-state index in [-0.39, 0.29) is 5.75 Å². The molecule has 0 atom stereocenters. The Hall–Kier alpha value is -3.54. The van der Waals surface area contributed by atoms with Crippen molar-refractivity contribution in [2.45, 2.75) is 0 Å². The van der Waals surface area contributed by atoms with Crippen molar-refractivity contribution in [3.63, 3.8) is 0 Å². The Labute approximate surface area is 144 Å². The number of hydrogen-bond acceptors (Lipinski definition) is 4. The van der Waals surface area contributed by atoms with Gasteiger partial charge in [0, 0.05) is 5.56 Å². The quantitative estimate of drug-likeness (QED) is 0.502. The molecule has 0 aliphatic rings. The lowest BCUT2D eigenvalue weighted by Crippen LogP contribution is -2.24. The molecule has 0 saturated carbocycles. The standard InChI is InChI=1S/C19H17N3O3/c1-25-18-9-5-4-8-16(18)21-19(24)22-20-12-15-14-7-3-2-6-13(14)10-11-17(15)23/h2-12,23H,1H3,(H2,21,22,24)/b20-12+. The molecule has 3 rings (SSSR count). The lowest BCUT2D eigenvalue weighted by Gasteiger charge is -2.09. The van der Waals surface area contributed by atoms with Crippen LogP contribution in [-0.2, 0) is 0 Å². The van der Waals surface area contributed by atoms with Crippen LogP contribution < -0.4 is 15.5 Å². The van der Waals surface area contributed by atoms with Crippen LogP contribution >= 0.6 is 0 Å². The Morgan fingerprint density at radius 1 is 1.08 bits per heavy atom. The first-order chi connectivity index (χ1) is 12.2. The lowest BCUT2D eigenvalue weighted by molar-refractivity contribution is 0.252. The first kappa shape index (κ1) is 16.3. The van der Waals surface area contributed by atoms with Gasteiger partial charge in [-0.05, 0) is 29.0 Å². The summed E-state index contributed by atoms with van der Waals surface area (Å²) in [6.07, 6.45) is 1.42. The molecule has 3 N–H and O–H groups in total. The number of urea groups is 1. The summed E-state index contributed by atoms with van der Waals surface area (Å²) < 4.78 is 5.17. The second kappa shape index (κ2) is 7.35. The topological polar surface area (TPSA) is 83.0 Å². The molecule has 6 heteroatoms. The predicted octanol–water partition coefficient (Wildman–Crippen LogP) is 3.71. The number of nitrogens with zero attached hydrogens (tertiary/aromatic N) is 1. The molecule has 6 nitrogen and oxygen atoms in total. The van der Waals surface area contributed by atoms with E-state index >= 15 is 0 Å². The number of ether oxygens (including phenoxy) is 1. The molecule has 3 aromatic carbocycles. The molecular weight excluding hydrogens is 318 g/mol. The van der Waals surface area contributed by atoms with Gasteiger partial charge >= 0.3 is 6.03 Å². The van der Waals surface area contributed by atoms with Gasteiger partial charge in [-0.15, -0.1) is 0 Å². The fraction of sp³-hybridized carbons (Fsp3) is 0.0526. The van der Waals surface area contributed by atoms with Crippen LogP contribution in [0.25, 0.3) is 10.8 Å². The van der Waals surface area contributed by atoms with Crippen molar-refractivity contribution in [1.82, 2.24) is 5.43 Å². The van der Waals surface area contributed by atoms with E-state index in [1.165, 1.54) is 13.3 Å². The molecule has 0 aliphatic carbocycles. The number of hydrogen-bond donors (Lipinski definition) is 3. The largest absolute Gasteiger partial charge is 0.507 e. The van der Waals surface area contributed by atoms with Gasteiger partial charge in [-0.3, -0.25) is 0 Å². The van der Waals surface area contributed by atoms with E-state index in [1.807, 2.05) is 36.4 Å². The molecule has 0 radical (unpaired) electrons. The van der Waals surface area contributed by atoms with Crippen molar-refractivity contribution < 1.29 is 14.6 Å². The van der Waals surface area contributed by atoms with E-state index in [0.717, 1.165) is 10.8 Å². The van der Waals surface area contributed by atoms with E-state index in [0.29, 0.717) is 17.0 Å². The summed E-state index contributed by atoms with van der Waals surface area (Å²) in [4.78, 5) is 12.0. The fourth-order valence-corrected chi connectivity index (χ4v) is 2.47. The molecule has 0 unspecified atom stereocenters. The van der Waals surface area contributed by atoms with E-state index in [1.54, 1.807) is 24.3 Å². The maximum Gasteiger partial charge on any atom is 0.339 e. The molecule has 0 fully saturated rings. The highest BCUT2D eigenvalue weighted by Crippen LogP contribution is 2.25. The molecule has 0 aromatic heterocycles. The van der Waals surface area contributed by atoms with Gasteiger partial charge in [0.1, 0.15) is 11.5 Å². The van der Waals surface area contributed by atoms with Crippen LogP contribution in [0.4, 0.5) is 10.5 Å². The molecular formula is C19H17N3O3. The summed E-state index contributed by atoms with van der Waals surface area (Å²) in [5, 5.41) is 18.4. The molecule has 0 aliphatic heterocycles. The third kappa shape index (κ3) is 3.69. The molecule has 0 heterocycles. The smallest absolute Gasteiger partial charge is 0.339 e. The summed E-state index contributed by atoms with van der Waals surface area (Å²) in [5.74, 6) is 0.641. The van der Waals surface area contributed by atoms with E-state index in [2.05, 4.69) is 15.8 Å². The third-order valence-electron chi connectivity index (χ3n) is 3.66. The normalized spacial score (nSPS) is 10.8. The number of benzene rings is 3. The molecule has 25 heavy (non-hydrogen) atoms. The number of para-hydroxylation sites is 2. The first-order valence-electron chi connectivity index (χ1n) is 7.63. The van der Waals surface area contributed by atoms with Gasteiger partial charge in [0.25, 0.3) is 0 Å². The number of nitrogens with one attached hydrogen (secondary N) is 2. The predicted molar refractivity (Wildman–Crippen MR) is 98.4 cm³/mol. The van der Waals surface area contributed by atoms with Gasteiger partial charge in [0.2, 0.25) is 0 Å². The molecule has 0 bridgehead atoms. The van der Waals surface area contributed by atoms with Crippen LogP contribution in [0.3, 0.4) is 0 Å². The number of amides is 2. The van der Waals surface area contributed by atoms with E-state index in [4.69, 9.17) is 4.74 Å². The lowest BCUT2D eigenvalue weighted by atomic mass is 10.0. The average molecular weight is 335 g/mol. The fourth-order valence-electron chi connectivity index (χ4n) is 2.47. The molecule has 0 spiro atoms. The zero-order chi connectivity index (χ0) is 17.6. The number of phenolic OH excluding ortho intramolecular Hbond substituents is 1. The second-order valence-electron chi connectivity index (χ2n) is 5.24. The van der Waals surface area contributed by atoms with Crippen LogP contribution in [0.1, 0.15) is 5.56 Å². The summed E-state index contributed by atoms with van der Waals surface area (Å²) >= 11 is 0. The first-order valence-corrected chi connectivity index (χ1v) is 7.63. The molecule has 2 amide bonds. The third-order valence-corrected chi connectivity index (χ3v) is 3.66. The van der Waals surface area contributed by atoms with Gasteiger partial charge < -0.3 is 15.2 Å². The van der Waals surface area contributed by atoms with Crippen molar-refractivity contribution >= 4 is 28.7 Å². The zero-order valence-electron chi connectivity index (χ0n) is 13.6. The van der Waals surface area contributed by atoms with Crippen molar-refractivity contribution in [2.24, 2.45) is 5.10 Å². The monoisotopic (exact) mass is 335 g/mol. The van der Waals surface area contributed by atoms with Crippen LogP contribution in [0, 0.1) is 0 Å². The van der Waals surface area contributed by atoms with Crippen LogP contribution in [0.2, 0.25) is 0 Å². The highest BCUT2D eigenvalue weighted by molar-refractivity contribution is 6.02. The minimum Gasteiger partial charge on any atom is -0.507 e. The zero-order valence-corrected chi connectivity index (χ0v) is 13.6. The highest BCUT2D eigenvalue weighted by Gasteiger charge is 2.07. The molecule has 0 saturated heterocycles. The van der Waals surface area contributed by atoms with Crippen molar-refractivity contribution in [2.75, 3.05) is 12.4 Å². The Kier molecular flexibility index (Phi) is 4.80. The van der Waals surface area contributed by atoms with Crippen LogP contribution in [-0.4, -0.2) is 24.5 Å². The SMILES string of the molecule is COc1ccccc1NC(=O)N/N=C/c1c(O)ccc2ccccc12. The minimum atomic E-state index is -0.513. The number of fused-ring (bicyclic) bond motifs is 1. The molecule has 126 valence electrons. The second-order valence-corrected chi connectivity index (χ2v) is 5.24. The summed E-state index contributed by atoms with van der Waals surface area (Å²) in [6, 6.07) is 17.6.